The third-order valence-corrected chi connectivity index (χ3v) is 11.5. The molecule has 0 saturated heterocycles. The van der Waals surface area contributed by atoms with Crippen LogP contribution in [0.5, 0.6) is 11.5 Å². The molecular weight excluding hydrogens is 1050 g/mol. The molecule has 7 rings (SSSR count). The van der Waals surface area contributed by atoms with Gasteiger partial charge in [-0.25, -0.2) is 28.8 Å². The Balaban J connectivity index is 1.05. The molecule has 6 amide bonds. The molecule has 0 aliphatic heterocycles. The number of carbonyl (C=O) groups excluding carboxylic acids is 6. The number of ether oxygens (including phenoxy) is 1. The van der Waals surface area contributed by atoms with E-state index < -0.39 is 138 Å². The molecule has 1 radical (unpaired) electrons. The molecular formula is C55H37N6O19. The Morgan fingerprint density at radius 1 is 0.312 bits per heavy atom. The van der Waals surface area contributed by atoms with Gasteiger partial charge >= 0.3 is 35.8 Å². The topological polar surface area (TPSA) is 419 Å². The van der Waals surface area contributed by atoms with Crippen molar-refractivity contribution in [2.24, 2.45) is 0 Å². The fourth-order valence-corrected chi connectivity index (χ4v) is 7.64. The SMILES string of the molecule is Cc1ccc(NC(=O)c2cc(C(=O)Nc3cccc(NC(=O)c4cc(C(=O)Nc5ccc(Oc6ccc(NC(=O)c7cc(C([NH])=O)c(C(=O)O)cc7C(=O)O)cc6)cc5)c(C(=O)O)cc4C(=O)O)c3)c(C(=O)O)cc2C(=O)O)cc1. The van der Waals surface area contributed by atoms with E-state index in [-0.39, 0.29) is 39.9 Å². The summed E-state index contributed by atoms with van der Waals surface area (Å²) >= 11 is 0. The Morgan fingerprint density at radius 3 is 0.825 bits per heavy atom. The zero-order valence-electron chi connectivity index (χ0n) is 40.7. The lowest BCUT2D eigenvalue weighted by molar-refractivity contribution is 0.0673. The number of hydrogen-bond acceptors (Lipinski definition) is 13. The number of anilines is 5. The van der Waals surface area contributed by atoms with Gasteiger partial charge in [-0.05, 0) is 122 Å². The lowest BCUT2D eigenvalue weighted by Crippen LogP contribution is -2.23. The van der Waals surface area contributed by atoms with Crippen LogP contribution in [0.1, 0.15) is 130 Å². The number of hydrogen-bond donors (Lipinski definition) is 11. The van der Waals surface area contributed by atoms with E-state index in [0.29, 0.717) is 24.3 Å². The van der Waals surface area contributed by atoms with E-state index in [1.807, 2.05) is 0 Å². The maximum absolute atomic E-state index is 13.8. The first-order chi connectivity index (χ1) is 37.9. The monoisotopic (exact) mass is 1090 g/mol. The van der Waals surface area contributed by atoms with E-state index in [0.717, 1.165) is 23.8 Å². The fraction of sp³-hybridized carbons (Fsp3) is 0.0182. The Bertz CT molecular complexity index is 3820. The zero-order chi connectivity index (χ0) is 58.3. The van der Waals surface area contributed by atoms with Gasteiger partial charge in [0.25, 0.3) is 35.4 Å². The normalized spacial score (nSPS) is 10.5. The molecule has 0 heterocycles. The molecule has 25 heteroatoms. The number of benzene rings is 7. The van der Waals surface area contributed by atoms with E-state index in [1.54, 1.807) is 19.1 Å². The molecule has 0 bridgehead atoms. The van der Waals surface area contributed by atoms with Gasteiger partial charge in [0, 0.05) is 28.4 Å². The molecule has 0 spiro atoms. The van der Waals surface area contributed by atoms with Crippen molar-refractivity contribution in [2.75, 3.05) is 26.6 Å². The fourth-order valence-electron chi connectivity index (χ4n) is 7.64. The van der Waals surface area contributed by atoms with Crippen LogP contribution in [-0.2, 0) is 0 Å². The molecule has 401 valence electrons. The molecule has 0 aromatic heterocycles. The third kappa shape index (κ3) is 12.7. The second kappa shape index (κ2) is 23.3. The first-order valence-corrected chi connectivity index (χ1v) is 22.7. The van der Waals surface area contributed by atoms with Crippen molar-refractivity contribution in [3.8, 4) is 11.5 Å². The molecule has 0 aliphatic carbocycles. The van der Waals surface area contributed by atoms with Gasteiger partial charge in [-0.15, -0.1) is 0 Å². The minimum absolute atomic E-state index is 0.0614. The Labute approximate surface area is 447 Å². The second-order valence-electron chi connectivity index (χ2n) is 16.9. The predicted molar refractivity (Wildman–Crippen MR) is 279 cm³/mol. The number of amides is 6. The van der Waals surface area contributed by atoms with Crippen LogP contribution in [0.25, 0.3) is 0 Å². The summed E-state index contributed by atoms with van der Waals surface area (Å²) in [5.41, 5.74) is -0.0540. The highest BCUT2D eigenvalue weighted by Gasteiger charge is 2.29. The summed E-state index contributed by atoms with van der Waals surface area (Å²) in [5, 5.41) is 71.1. The summed E-state index contributed by atoms with van der Waals surface area (Å²) in [5.74, 6) is -16.7. The maximum atomic E-state index is 13.8. The highest BCUT2D eigenvalue weighted by atomic mass is 16.5. The first-order valence-electron chi connectivity index (χ1n) is 22.7. The van der Waals surface area contributed by atoms with Gasteiger partial charge in [-0.1, -0.05) is 23.8 Å². The summed E-state index contributed by atoms with van der Waals surface area (Å²) in [6, 6.07) is 26.5. The average molecular weight is 1090 g/mol. The largest absolute Gasteiger partial charge is 0.478 e. The molecule has 0 saturated carbocycles. The Morgan fingerprint density at radius 2 is 0.550 bits per heavy atom. The standard InChI is InChI=1S/C55H37N6O19/c1-24-5-7-25(8-6-24)57-46(64)34-19-36(42(54(76)77)22-40(34)52(72)73)48(66)60-28-3-2-4-29(17-28)61-49(67)37-20-35(41(53(74)75)23-43(37)55(78)79)47(65)59-27-11-15-31(16-12-27)80-30-13-9-26(10-14-30)58-45(63)33-18-32(44(56)62)38(50(68)69)21-39(33)51(70)71/h2-23,56H,1H3,(H,57,64)(H,58,63)(H,59,65)(H,60,66)(H,61,67)(H,68,69)(H,70,71)(H,72,73)(H,74,75)(H,76,77)(H,78,79). The minimum atomic E-state index is -1.76. The second-order valence-corrected chi connectivity index (χ2v) is 16.9. The smallest absolute Gasteiger partial charge is 0.336 e. The molecule has 0 atom stereocenters. The van der Waals surface area contributed by atoms with Crippen molar-refractivity contribution in [3.05, 3.63) is 206 Å². The van der Waals surface area contributed by atoms with Crippen LogP contribution in [0.2, 0.25) is 0 Å². The van der Waals surface area contributed by atoms with Crippen LogP contribution < -0.4 is 37.1 Å². The third-order valence-electron chi connectivity index (χ3n) is 11.5. The number of nitrogens with one attached hydrogen (secondary N) is 6. The Kier molecular flexibility index (Phi) is 16.2. The van der Waals surface area contributed by atoms with E-state index >= 15 is 0 Å². The van der Waals surface area contributed by atoms with Crippen molar-refractivity contribution >= 4 is 99.7 Å². The van der Waals surface area contributed by atoms with Crippen LogP contribution in [0.4, 0.5) is 28.4 Å². The number of aryl methyl sites for hydroxylation is 1. The summed E-state index contributed by atoms with van der Waals surface area (Å²) < 4.78 is 5.81. The van der Waals surface area contributed by atoms with E-state index in [9.17, 15) is 88.2 Å². The average Bonchev–Trinajstić information content (AvgIpc) is 3.42. The highest BCUT2D eigenvalue weighted by Crippen LogP contribution is 2.29. The zero-order valence-corrected chi connectivity index (χ0v) is 40.7. The highest BCUT2D eigenvalue weighted by molar-refractivity contribution is 6.19. The summed E-state index contributed by atoms with van der Waals surface area (Å²) in [7, 11) is 0. The minimum Gasteiger partial charge on any atom is -0.478 e. The van der Waals surface area contributed by atoms with Crippen LogP contribution in [0.15, 0.2) is 133 Å². The Hall–Kier alpha value is -12.0. The summed E-state index contributed by atoms with van der Waals surface area (Å²) in [6.45, 7) is 1.79. The van der Waals surface area contributed by atoms with Crippen LogP contribution in [0.3, 0.4) is 0 Å². The summed E-state index contributed by atoms with van der Waals surface area (Å²) in [6.07, 6.45) is 0. The number of carbonyl (C=O) groups is 12. The van der Waals surface area contributed by atoms with Gasteiger partial charge in [0.15, 0.2) is 0 Å². The molecule has 80 heavy (non-hydrogen) atoms. The van der Waals surface area contributed by atoms with Gasteiger partial charge < -0.3 is 62.0 Å². The molecule has 7 aromatic carbocycles. The van der Waals surface area contributed by atoms with Gasteiger partial charge in [-0.2, -0.15) is 0 Å². The number of aromatic carboxylic acids is 6. The van der Waals surface area contributed by atoms with Crippen LogP contribution >= 0.6 is 0 Å². The molecule has 25 nitrogen and oxygen atoms in total. The number of carboxylic acid groups (broad SMARTS) is 6. The van der Waals surface area contributed by atoms with Crippen molar-refractivity contribution < 1.29 is 92.9 Å². The van der Waals surface area contributed by atoms with Crippen molar-refractivity contribution in [3.63, 3.8) is 0 Å². The number of rotatable bonds is 19. The maximum Gasteiger partial charge on any atom is 0.336 e. The quantitative estimate of drug-likeness (QED) is 0.0370. The molecule has 12 N–H and O–H groups in total. The molecule has 7 aromatic rings. The van der Waals surface area contributed by atoms with Crippen LogP contribution in [0, 0.1) is 6.92 Å². The van der Waals surface area contributed by atoms with Crippen molar-refractivity contribution in [1.29, 1.82) is 0 Å². The van der Waals surface area contributed by atoms with Gasteiger partial charge in [-0.3, -0.25) is 34.5 Å². The van der Waals surface area contributed by atoms with E-state index in [2.05, 4.69) is 26.6 Å². The lowest BCUT2D eigenvalue weighted by Gasteiger charge is -2.15. The van der Waals surface area contributed by atoms with Gasteiger partial charge in [0.1, 0.15) is 11.5 Å². The first kappa shape index (κ1) is 55.7. The van der Waals surface area contributed by atoms with E-state index in [4.69, 9.17) is 10.5 Å². The van der Waals surface area contributed by atoms with E-state index in [1.165, 1.54) is 78.9 Å². The van der Waals surface area contributed by atoms with Crippen LogP contribution in [-0.4, -0.2) is 102 Å². The van der Waals surface area contributed by atoms with Crippen molar-refractivity contribution in [1.82, 2.24) is 5.73 Å². The molecule has 0 aliphatic rings. The predicted octanol–water partition coefficient (Wildman–Crippen LogP) is 7.66. The molecule has 0 fully saturated rings. The summed E-state index contributed by atoms with van der Waals surface area (Å²) in [4.78, 5) is 152. The molecule has 0 unspecified atom stereocenters. The van der Waals surface area contributed by atoms with Gasteiger partial charge in [0.05, 0.1) is 66.8 Å². The van der Waals surface area contributed by atoms with Gasteiger partial charge in [0.2, 0.25) is 0 Å². The lowest BCUT2D eigenvalue weighted by atomic mass is 9.96. The van der Waals surface area contributed by atoms with Crippen molar-refractivity contribution in [2.45, 2.75) is 6.92 Å². The number of carboxylic acids is 6.